The lowest BCUT2D eigenvalue weighted by Gasteiger charge is -2.22. The van der Waals surface area contributed by atoms with Crippen LogP contribution in [0.2, 0.25) is 0 Å². The van der Waals surface area contributed by atoms with Crippen LogP contribution in [0, 0.1) is 0 Å². The van der Waals surface area contributed by atoms with Crippen LogP contribution in [0.1, 0.15) is 37.6 Å². The summed E-state index contributed by atoms with van der Waals surface area (Å²) in [5, 5.41) is 0. The summed E-state index contributed by atoms with van der Waals surface area (Å²) in [6.07, 6.45) is 0.879. The summed E-state index contributed by atoms with van der Waals surface area (Å²) in [4.78, 5) is 13.7. The summed E-state index contributed by atoms with van der Waals surface area (Å²) in [6.45, 7) is 9.26. The van der Waals surface area contributed by atoms with Gasteiger partial charge in [0.1, 0.15) is 5.75 Å². The third kappa shape index (κ3) is 4.74. The minimum atomic E-state index is -0.504. The maximum absolute atomic E-state index is 11.4. The maximum Gasteiger partial charge on any atom is 0.252 e. The lowest BCUT2D eigenvalue weighted by molar-refractivity contribution is 0.0992. The summed E-state index contributed by atoms with van der Waals surface area (Å²) in [6, 6.07) is 4.89. The molecule has 0 aliphatic heterocycles. The number of anilines is 1. The van der Waals surface area contributed by atoms with Crippen LogP contribution in [0.4, 0.5) is 5.69 Å². The molecule has 4 N–H and O–H groups in total. The number of primary amides is 1. The second kappa shape index (κ2) is 7.75. The van der Waals surface area contributed by atoms with E-state index in [2.05, 4.69) is 18.7 Å². The highest BCUT2D eigenvalue weighted by Gasteiger charge is 2.13. The minimum Gasteiger partial charge on any atom is -0.490 e. The van der Waals surface area contributed by atoms with Gasteiger partial charge in [-0.05, 0) is 38.6 Å². The van der Waals surface area contributed by atoms with E-state index >= 15 is 0 Å². The molecule has 20 heavy (non-hydrogen) atoms. The van der Waals surface area contributed by atoms with Crippen molar-refractivity contribution in [1.82, 2.24) is 4.90 Å². The lowest BCUT2D eigenvalue weighted by Crippen LogP contribution is -2.28. The van der Waals surface area contributed by atoms with Gasteiger partial charge in [-0.1, -0.05) is 13.8 Å². The predicted molar refractivity (Wildman–Crippen MR) is 81.9 cm³/mol. The molecule has 0 bridgehead atoms. The first kappa shape index (κ1) is 16.3. The summed E-state index contributed by atoms with van der Waals surface area (Å²) in [7, 11) is 0. The van der Waals surface area contributed by atoms with E-state index in [-0.39, 0.29) is 6.10 Å². The summed E-state index contributed by atoms with van der Waals surface area (Å²) in [5.41, 5.74) is 12.0. The average molecular weight is 279 g/mol. The zero-order valence-electron chi connectivity index (χ0n) is 12.6. The van der Waals surface area contributed by atoms with Gasteiger partial charge >= 0.3 is 0 Å². The fraction of sp³-hybridized carbons (Fsp3) is 0.533. The Kier molecular flexibility index (Phi) is 6.31. The quantitative estimate of drug-likeness (QED) is 0.712. The summed E-state index contributed by atoms with van der Waals surface area (Å²) < 4.78 is 5.82. The Morgan fingerprint density at radius 3 is 2.55 bits per heavy atom. The van der Waals surface area contributed by atoms with Crippen molar-refractivity contribution >= 4 is 11.6 Å². The Morgan fingerprint density at radius 2 is 2.00 bits per heavy atom. The fourth-order valence-corrected chi connectivity index (χ4v) is 2.02. The SMILES string of the molecule is CCN(CC)CCC(C)Oc1cc(N)ccc1C(N)=O. The van der Waals surface area contributed by atoms with Gasteiger partial charge in [0.2, 0.25) is 0 Å². The van der Waals surface area contributed by atoms with Gasteiger partial charge in [-0.2, -0.15) is 0 Å². The summed E-state index contributed by atoms with van der Waals surface area (Å²) >= 11 is 0. The Labute approximate surface area is 120 Å². The zero-order valence-corrected chi connectivity index (χ0v) is 12.6. The molecule has 112 valence electrons. The van der Waals surface area contributed by atoms with Gasteiger partial charge < -0.3 is 21.1 Å². The van der Waals surface area contributed by atoms with Crippen LogP contribution in [0.3, 0.4) is 0 Å². The highest BCUT2D eigenvalue weighted by atomic mass is 16.5. The van der Waals surface area contributed by atoms with Crippen LogP contribution in [0.25, 0.3) is 0 Å². The molecule has 0 aliphatic carbocycles. The highest BCUT2D eigenvalue weighted by Crippen LogP contribution is 2.23. The van der Waals surface area contributed by atoms with Crippen LogP contribution < -0.4 is 16.2 Å². The van der Waals surface area contributed by atoms with Crippen molar-refractivity contribution < 1.29 is 9.53 Å². The van der Waals surface area contributed by atoms with Gasteiger partial charge in [0.25, 0.3) is 5.91 Å². The van der Waals surface area contributed by atoms with E-state index in [1.54, 1.807) is 18.2 Å². The van der Waals surface area contributed by atoms with Crippen molar-refractivity contribution in [1.29, 1.82) is 0 Å². The molecule has 0 aromatic heterocycles. The summed E-state index contributed by atoms with van der Waals surface area (Å²) in [5.74, 6) is -0.0412. The first-order valence-corrected chi connectivity index (χ1v) is 7.06. The van der Waals surface area contributed by atoms with E-state index in [1.807, 2.05) is 6.92 Å². The number of ether oxygens (including phenoxy) is 1. The Morgan fingerprint density at radius 1 is 1.35 bits per heavy atom. The monoisotopic (exact) mass is 279 g/mol. The number of benzene rings is 1. The highest BCUT2D eigenvalue weighted by molar-refractivity contribution is 5.96. The molecule has 0 spiro atoms. The van der Waals surface area contributed by atoms with E-state index in [0.717, 1.165) is 26.1 Å². The molecular formula is C15H25N3O2. The van der Waals surface area contributed by atoms with Crippen molar-refractivity contribution in [3.63, 3.8) is 0 Å². The number of carbonyl (C=O) groups is 1. The van der Waals surface area contributed by atoms with E-state index in [9.17, 15) is 4.79 Å². The standard InChI is InChI=1S/C15H25N3O2/c1-4-18(5-2)9-8-11(3)20-14-10-12(16)6-7-13(14)15(17)19/h6-7,10-11H,4-5,8-9,16H2,1-3H3,(H2,17,19). The first-order valence-electron chi connectivity index (χ1n) is 7.06. The van der Waals surface area contributed by atoms with Crippen LogP contribution in [-0.4, -0.2) is 36.5 Å². The molecule has 0 saturated carbocycles. The van der Waals surface area contributed by atoms with E-state index in [4.69, 9.17) is 16.2 Å². The first-order chi connectivity index (χ1) is 9.47. The van der Waals surface area contributed by atoms with Gasteiger partial charge in [-0.3, -0.25) is 4.79 Å². The van der Waals surface area contributed by atoms with Crippen molar-refractivity contribution in [3.8, 4) is 5.75 Å². The van der Waals surface area contributed by atoms with Crippen LogP contribution in [0.15, 0.2) is 18.2 Å². The van der Waals surface area contributed by atoms with Crippen molar-refractivity contribution in [2.45, 2.75) is 33.3 Å². The molecular weight excluding hydrogens is 254 g/mol. The van der Waals surface area contributed by atoms with Crippen LogP contribution in [-0.2, 0) is 0 Å². The Balaban J connectivity index is 2.67. The zero-order chi connectivity index (χ0) is 15.1. The molecule has 0 saturated heterocycles. The largest absolute Gasteiger partial charge is 0.490 e. The fourth-order valence-electron chi connectivity index (χ4n) is 2.02. The number of nitrogen functional groups attached to an aromatic ring is 1. The van der Waals surface area contributed by atoms with Crippen LogP contribution in [0.5, 0.6) is 5.75 Å². The Bertz CT molecular complexity index is 445. The molecule has 0 heterocycles. The van der Waals surface area contributed by atoms with Crippen molar-refractivity contribution in [2.24, 2.45) is 5.73 Å². The van der Waals surface area contributed by atoms with Gasteiger partial charge in [0.05, 0.1) is 11.7 Å². The third-order valence-electron chi connectivity index (χ3n) is 3.35. The molecule has 1 aromatic rings. The third-order valence-corrected chi connectivity index (χ3v) is 3.35. The normalized spacial score (nSPS) is 12.4. The predicted octanol–water partition coefficient (Wildman–Crippen LogP) is 1.87. The number of hydrogen-bond donors (Lipinski definition) is 2. The van der Waals surface area contributed by atoms with Gasteiger partial charge in [-0.15, -0.1) is 0 Å². The van der Waals surface area contributed by atoms with Crippen molar-refractivity contribution in [2.75, 3.05) is 25.4 Å². The molecule has 1 amide bonds. The van der Waals surface area contributed by atoms with E-state index in [0.29, 0.717) is 17.0 Å². The van der Waals surface area contributed by atoms with E-state index in [1.165, 1.54) is 0 Å². The molecule has 0 aliphatic rings. The lowest BCUT2D eigenvalue weighted by atomic mass is 10.1. The minimum absolute atomic E-state index is 0.00417. The molecule has 5 heteroatoms. The number of amides is 1. The number of nitrogens with zero attached hydrogens (tertiary/aromatic N) is 1. The molecule has 0 radical (unpaired) electrons. The number of carbonyl (C=O) groups excluding carboxylic acids is 1. The molecule has 5 nitrogen and oxygen atoms in total. The number of rotatable bonds is 8. The van der Waals surface area contributed by atoms with Gasteiger partial charge in [-0.25, -0.2) is 0 Å². The van der Waals surface area contributed by atoms with Crippen LogP contribution >= 0.6 is 0 Å². The van der Waals surface area contributed by atoms with Crippen molar-refractivity contribution in [3.05, 3.63) is 23.8 Å². The Hall–Kier alpha value is -1.75. The molecule has 1 aromatic carbocycles. The molecule has 1 unspecified atom stereocenters. The molecule has 1 rings (SSSR count). The second-order valence-corrected chi connectivity index (χ2v) is 4.86. The maximum atomic E-state index is 11.4. The number of hydrogen-bond acceptors (Lipinski definition) is 4. The number of nitrogens with two attached hydrogens (primary N) is 2. The topological polar surface area (TPSA) is 81.6 Å². The van der Waals surface area contributed by atoms with Gasteiger partial charge in [0.15, 0.2) is 0 Å². The average Bonchev–Trinajstić information content (AvgIpc) is 2.39. The molecule has 1 atom stereocenters. The van der Waals surface area contributed by atoms with Gasteiger partial charge in [0, 0.05) is 18.3 Å². The smallest absolute Gasteiger partial charge is 0.252 e. The van der Waals surface area contributed by atoms with E-state index < -0.39 is 5.91 Å². The molecule has 0 fully saturated rings. The second-order valence-electron chi connectivity index (χ2n) is 4.86.